The number of carbonyl (C=O) groups is 1. The minimum atomic E-state index is 0.143. The van der Waals surface area contributed by atoms with Gasteiger partial charge in [-0.05, 0) is 11.4 Å². The van der Waals surface area contributed by atoms with Crippen LogP contribution in [0.3, 0.4) is 0 Å². The van der Waals surface area contributed by atoms with Crippen LogP contribution in [0.25, 0.3) is 0 Å². The predicted octanol–water partition coefficient (Wildman–Crippen LogP) is 2.00. The van der Waals surface area contributed by atoms with Crippen LogP contribution < -0.4 is 4.90 Å². The van der Waals surface area contributed by atoms with Crippen molar-refractivity contribution in [3.63, 3.8) is 0 Å². The summed E-state index contributed by atoms with van der Waals surface area (Å²) in [7, 11) is 0. The van der Waals surface area contributed by atoms with Crippen molar-refractivity contribution in [2.45, 2.75) is 19.3 Å². The molecule has 3 heteroatoms. The molecule has 1 aromatic heterocycles. The first-order chi connectivity index (χ1) is 5.65. The second kappa shape index (κ2) is 2.33. The third-order valence-electron chi connectivity index (χ3n) is 2.26. The van der Waals surface area contributed by atoms with Crippen molar-refractivity contribution in [1.29, 1.82) is 0 Å². The van der Waals surface area contributed by atoms with Crippen molar-refractivity contribution in [1.82, 2.24) is 0 Å². The van der Waals surface area contributed by atoms with E-state index in [2.05, 4.69) is 13.8 Å². The lowest BCUT2D eigenvalue weighted by Crippen LogP contribution is -2.27. The van der Waals surface area contributed by atoms with Gasteiger partial charge in [0.15, 0.2) is 0 Å². The molecule has 0 atom stereocenters. The molecule has 2 heterocycles. The normalized spacial score (nSPS) is 19.3. The highest BCUT2D eigenvalue weighted by Crippen LogP contribution is 2.43. The van der Waals surface area contributed by atoms with E-state index in [1.54, 1.807) is 16.2 Å². The lowest BCUT2D eigenvalue weighted by molar-refractivity contribution is -0.107. The Hall–Kier alpha value is -0.830. The highest BCUT2D eigenvalue weighted by Gasteiger charge is 2.35. The number of hydrogen-bond donors (Lipinski definition) is 0. The van der Waals surface area contributed by atoms with E-state index in [9.17, 15) is 4.79 Å². The van der Waals surface area contributed by atoms with Gasteiger partial charge in [0, 0.05) is 16.8 Å². The van der Waals surface area contributed by atoms with E-state index in [0.29, 0.717) is 0 Å². The van der Waals surface area contributed by atoms with Crippen LogP contribution in [0.2, 0.25) is 0 Å². The molecule has 0 radical (unpaired) electrons. The van der Waals surface area contributed by atoms with Gasteiger partial charge < -0.3 is 4.90 Å². The zero-order valence-corrected chi connectivity index (χ0v) is 8.02. The third kappa shape index (κ3) is 0.894. The Kier molecular flexibility index (Phi) is 1.51. The van der Waals surface area contributed by atoms with Crippen molar-refractivity contribution in [3.05, 3.63) is 16.3 Å². The van der Waals surface area contributed by atoms with Crippen LogP contribution in [-0.2, 0) is 10.2 Å². The monoisotopic (exact) mass is 181 g/mol. The molecule has 0 unspecified atom stereocenters. The van der Waals surface area contributed by atoms with Gasteiger partial charge in [0.25, 0.3) is 0 Å². The van der Waals surface area contributed by atoms with E-state index in [4.69, 9.17) is 0 Å². The molecule has 1 aromatic rings. The highest BCUT2D eigenvalue weighted by atomic mass is 32.1. The van der Waals surface area contributed by atoms with Crippen LogP contribution in [-0.4, -0.2) is 13.0 Å². The number of rotatable bonds is 1. The quantitative estimate of drug-likeness (QED) is 0.607. The van der Waals surface area contributed by atoms with E-state index < -0.39 is 0 Å². The van der Waals surface area contributed by atoms with Crippen molar-refractivity contribution >= 4 is 23.4 Å². The minimum absolute atomic E-state index is 0.143. The third-order valence-corrected chi connectivity index (χ3v) is 3.53. The Morgan fingerprint density at radius 2 is 2.42 bits per heavy atom. The molecule has 1 aliphatic heterocycles. The van der Waals surface area contributed by atoms with E-state index in [1.807, 2.05) is 11.4 Å². The molecule has 1 aliphatic rings. The fraction of sp³-hybridized carbons (Fsp3) is 0.444. The number of amides is 1. The molecule has 0 aromatic carbocycles. The zero-order valence-electron chi connectivity index (χ0n) is 7.20. The van der Waals surface area contributed by atoms with E-state index in [1.165, 1.54) is 4.88 Å². The fourth-order valence-electron chi connectivity index (χ4n) is 1.71. The SMILES string of the molecule is CC1(C)CN(C=O)c2ccsc21. The van der Waals surface area contributed by atoms with Crippen LogP contribution in [0.5, 0.6) is 0 Å². The fourth-order valence-corrected chi connectivity index (χ4v) is 2.73. The van der Waals surface area contributed by atoms with E-state index in [0.717, 1.165) is 18.6 Å². The number of nitrogens with zero attached hydrogens (tertiary/aromatic N) is 1. The lowest BCUT2D eigenvalue weighted by atomic mass is 9.94. The van der Waals surface area contributed by atoms with Gasteiger partial charge in [0.05, 0.1) is 5.69 Å². The lowest BCUT2D eigenvalue weighted by Gasteiger charge is -2.17. The molecule has 0 bridgehead atoms. The zero-order chi connectivity index (χ0) is 8.77. The Balaban J connectivity index is 2.52. The van der Waals surface area contributed by atoms with E-state index in [-0.39, 0.29) is 5.41 Å². The average Bonchev–Trinajstić information content (AvgIpc) is 2.54. The highest BCUT2D eigenvalue weighted by molar-refractivity contribution is 7.10. The van der Waals surface area contributed by atoms with Crippen molar-refractivity contribution in [3.8, 4) is 0 Å². The van der Waals surface area contributed by atoms with Gasteiger partial charge >= 0.3 is 0 Å². The van der Waals surface area contributed by atoms with Gasteiger partial charge in [-0.1, -0.05) is 13.8 Å². The summed E-state index contributed by atoms with van der Waals surface area (Å²) in [5.74, 6) is 0. The predicted molar refractivity (Wildman–Crippen MR) is 50.8 cm³/mol. The Morgan fingerprint density at radius 1 is 1.67 bits per heavy atom. The molecule has 0 spiro atoms. The Labute approximate surface area is 75.8 Å². The van der Waals surface area contributed by atoms with Gasteiger partial charge in [-0.15, -0.1) is 11.3 Å². The molecule has 2 nitrogen and oxygen atoms in total. The van der Waals surface area contributed by atoms with Gasteiger partial charge in [0.1, 0.15) is 0 Å². The summed E-state index contributed by atoms with van der Waals surface area (Å²) in [5, 5.41) is 2.04. The topological polar surface area (TPSA) is 20.3 Å². The summed E-state index contributed by atoms with van der Waals surface area (Å²) in [6.07, 6.45) is 0.917. The molecule has 0 aliphatic carbocycles. The van der Waals surface area contributed by atoms with Crippen LogP contribution in [0.15, 0.2) is 11.4 Å². The molecular formula is C9H11NOS. The smallest absolute Gasteiger partial charge is 0.214 e. The molecule has 12 heavy (non-hydrogen) atoms. The van der Waals surface area contributed by atoms with Gasteiger partial charge in [0.2, 0.25) is 6.41 Å². The van der Waals surface area contributed by atoms with E-state index >= 15 is 0 Å². The van der Waals surface area contributed by atoms with Crippen molar-refractivity contribution < 1.29 is 4.79 Å². The first-order valence-corrected chi connectivity index (χ1v) is 4.83. The summed E-state index contributed by atoms with van der Waals surface area (Å²) in [6.45, 7) is 5.16. The number of carbonyl (C=O) groups excluding carboxylic acids is 1. The van der Waals surface area contributed by atoms with Gasteiger partial charge in [-0.2, -0.15) is 0 Å². The molecule has 0 fully saturated rings. The Morgan fingerprint density at radius 3 is 3.08 bits per heavy atom. The minimum Gasteiger partial charge on any atom is -0.313 e. The first kappa shape index (κ1) is 7.80. The molecule has 0 N–H and O–H groups in total. The molecular weight excluding hydrogens is 170 g/mol. The summed E-state index contributed by atoms with van der Waals surface area (Å²) >= 11 is 1.74. The maximum Gasteiger partial charge on any atom is 0.214 e. The van der Waals surface area contributed by atoms with Gasteiger partial charge in [-0.25, -0.2) is 0 Å². The second-order valence-corrected chi connectivity index (χ2v) is 4.67. The largest absolute Gasteiger partial charge is 0.313 e. The molecule has 0 saturated heterocycles. The van der Waals surface area contributed by atoms with Crippen LogP contribution in [0.1, 0.15) is 18.7 Å². The maximum atomic E-state index is 10.7. The van der Waals surface area contributed by atoms with Crippen LogP contribution >= 0.6 is 11.3 Å². The van der Waals surface area contributed by atoms with Crippen molar-refractivity contribution in [2.24, 2.45) is 0 Å². The molecule has 1 amide bonds. The molecule has 64 valence electrons. The molecule has 2 rings (SSSR count). The maximum absolute atomic E-state index is 10.7. The number of hydrogen-bond acceptors (Lipinski definition) is 2. The summed E-state index contributed by atoms with van der Waals surface area (Å²) in [4.78, 5) is 13.8. The molecule has 0 saturated carbocycles. The summed E-state index contributed by atoms with van der Waals surface area (Å²) in [5.41, 5.74) is 1.24. The Bertz CT molecular complexity index is 316. The number of anilines is 1. The van der Waals surface area contributed by atoms with Crippen LogP contribution in [0.4, 0.5) is 5.69 Å². The number of thiophene rings is 1. The standard InChI is InChI=1S/C9H11NOS/c1-9(2)5-10(6-11)7-3-4-12-8(7)9/h3-4,6H,5H2,1-2H3. The average molecular weight is 181 g/mol. The number of fused-ring (bicyclic) bond motifs is 1. The summed E-state index contributed by atoms with van der Waals surface area (Å²) < 4.78 is 0. The van der Waals surface area contributed by atoms with Gasteiger partial charge in [-0.3, -0.25) is 4.79 Å². The second-order valence-electron chi connectivity index (χ2n) is 3.75. The van der Waals surface area contributed by atoms with Crippen LogP contribution in [0, 0.1) is 0 Å². The first-order valence-electron chi connectivity index (χ1n) is 3.95. The van der Waals surface area contributed by atoms with Crippen molar-refractivity contribution in [2.75, 3.05) is 11.4 Å². The summed E-state index contributed by atoms with van der Waals surface area (Å²) in [6, 6.07) is 2.02.